The van der Waals surface area contributed by atoms with Crippen LogP contribution in [-0.2, 0) is 4.79 Å². The molecule has 1 amide bonds. The van der Waals surface area contributed by atoms with E-state index in [9.17, 15) is 4.79 Å². The van der Waals surface area contributed by atoms with Gasteiger partial charge in [0.05, 0.1) is 26.8 Å². The van der Waals surface area contributed by atoms with Crippen molar-refractivity contribution in [3.05, 3.63) is 6.07 Å². The molecule has 0 aliphatic heterocycles. The van der Waals surface area contributed by atoms with E-state index in [1.807, 2.05) is 6.92 Å². The van der Waals surface area contributed by atoms with E-state index in [4.69, 9.17) is 9.47 Å². The van der Waals surface area contributed by atoms with Gasteiger partial charge in [-0.25, -0.2) is 0 Å². The summed E-state index contributed by atoms with van der Waals surface area (Å²) in [5.41, 5.74) is 0. The Morgan fingerprint density at radius 2 is 1.89 bits per heavy atom. The number of hydrogen-bond acceptors (Lipinski definition) is 6. The maximum atomic E-state index is 11.6. The van der Waals surface area contributed by atoms with Crippen molar-refractivity contribution in [1.29, 1.82) is 0 Å². The first-order valence-corrected chi connectivity index (χ1v) is 5.55. The summed E-state index contributed by atoms with van der Waals surface area (Å²) in [6.07, 6.45) is 0. The third kappa shape index (κ3) is 3.76. The number of anilines is 1. The van der Waals surface area contributed by atoms with Gasteiger partial charge < -0.3 is 19.7 Å². The highest BCUT2D eigenvalue weighted by molar-refractivity contribution is 5.80. The molecule has 0 radical (unpaired) electrons. The summed E-state index contributed by atoms with van der Waals surface area (Å²) in [5, 5.41) is 2.84. The van der Waals surface area contributed by atoms with Crippen LogP contribution >= 0.6 is 0 Å². The Hall–Kier alpha value is -2.05. The molecule has 1 heterocycles. The third-order valence-electron chi connectivity index (χ3n) is 2.40. The molecule has 0 unspecified atom stereocenters. The van der Waals surface area contributed by atoms with Crippen LogP contribution in [0.2, 0.25) is 0 Å². The molecule has 18 heavy (non-hydrogen) atoms. The minimum atomic E-state index is -0.0390. The van der Waals surface area contributed by atoms with Crippen molar-refractivity contribution in [3.63, 3.8) is 0 Å². The number of ether oxygens (including phenoxy) is 2. The van der Waals surface area contributed by atoms with Crippen LogP contribution in [0.25, 0.3) is 0 Å². The smallest absolute Gasteiger partial charge is 0.241 e. The van der Waals surface area contributed by atoms with Crippen LogP contribution in [0.4, 0.5) is 5.95 Å². The first kappa shape index (κ1) is 14.0. The van der Waals surface area contributed by atoms with Gasteiger partial charge in [0.15, 0.2) is 0 Å². The van der Waals surface area contributed by atoms with E-state index in [1.165, 1.54) is 14.2 Å². The maximum Gasteiger partial charge on any atom is 0.241 e. The van der Waals surface area contributed by atoms with Gasteiger partial charge in [0, 0.05) is 13.6 Å². The lowest BCUT2D eigenvalue weighted by atomic mass is 10.5. The molecule has 0 saturated carbocycles. The number of likely N-dealkylation sites (N-methyl/N-ethyl adjacent to an activating group) is 1. The lowest BCUT2D eigenvalue weighted by molar-refractivity contribution is -0.127. The van der Waals surface area contributed by atoms with Gasteiger partial charge >= 0.3 is 0 Å². The summed E-state index contributed by atoms with van der Waals surface area (Å²) < 4.78 is 10.0. The van der Waals surface area contributed by atoms with Gasteiger partial charge in [-0.15, -0.1) is 0 Å². The highest BCUT2D eigenvalue weighted by atomic mass is 16.5. The van der Waals surface area contributed by atoms with Gasteiger partial charge in [-0.05, 0) is 6.92 Å². The highest BCUT2D eigenvalue weighted by Crippen LogP contribution is 2.16. The first-order valence-electron chi connectivity index (χ1n) is 5.55. The quantitative estimate of drug-likeness (QED) is 0.791. The fraction of sp³-hybridized carbons (Fsp3) is 0.545. The van der Waals surface area contributed by atoms with Crippen molar-refractivity contribution in [1.82, 2.24) is 14.9 Å². The summed E-state index contributed by atoms with van der Waals surface area (Å²) in [6.45, 7) is 2.69. The zero-order valence-electron chi connectivity index (χ0n) is 11.1. The molecular weight excluding hydrogens is 236 g/mol. The van der Waals surface area contributed by atoms with Gasteiger partial charge in [0.25, 0.3) is 0 Å². The number of methoxy groups -OCH3 is 2. The lowest BCUT2D eigenvalue weighted by Gasteiger charge is -2.15. The number of rotatable bonds is 6. The third-order valence-corrected chi connectivity index (χ3v) is 2.40. The monoisotopic (exact) mass is 254 g/mol. The van der Waals surface area contributed by atoms with Crippen molar-refractivity contribution in [2.45, 2.75) is 6.92 Å². The second-order valence-electron chi connectivity index (χ2n) is 3.54. The Kier molecular flexibility index (Phi) is 5.16. The molecule has 1 N–H and O–H groups in total. The standard InChI is InChI=1S/C11H18N4O3/c1-5-15(2)10(16)7-12-11-13-8(17-3)6-9(14-11)18-4/h6H,5,7H2,1-4H3,(H,12,13,14). The molecule has 0 saturated heterocycles. The van der Waals surface area contributed by atoms with Crippen LogP contribution in [0.3, 0.4) is 0 Å². The molecule has 1 aromatic heterocycles. The Balaban J connectivity index is 2.69. The Labute approximate surface area is 106 Å². The molecule has 1 aromatic rings. The molecule has 0 atom stereocenters. The minimum absolute atomic E-state index is 0.0390. The van der Waals surface area contributed by atoms with Gasteiger partial charge in [0.2, 0.25) is 23.6 Å². The molecule has 0 fully saturated rings. The molecule has 0 spiro atoms. The van der Waals surface area contributed by atoms with Crippen LogP contribution in [0.1, 0.15) is 6.92 Å². The molecular formula is C11H18N4O3. The average Bonchev–Trinajstić information content (AvgIpc) is 2.43. The topological polar surface area (TPSA) is 76.6 Å². The van der Waals surface area contributed by atoms with Crippen LogP contribution in [0.15, 0.2) is 6.07 Å². The number of aromatic nitrogens is 2. The van der Waals surface area contributed by atoms with Gasteiger partial charge in [-0.1, -0.05) is 0 Å². The van der Waals surface area contributed by atoms with E-state index >= 15 is 0 Å². The van der Waals surface area contributed by atoms with Crippen LogP contribution < -0.4 is 14.8 Å². The summed E-state index contributed by atoms with van der Waals surface area (Å²) >= 11 is 0. The van der Waals surface area contributed by atoms with Crippen LogP contribution in [-0.4, -0.2) is 55.1 Å². The van der Waals surface area contributed by atoms with Crippen molar-refractivity contribution >= 4 is 11.9 Å². The summed E-state index contributed by atoms with van der Waals surface area (Å²) in [5.74, 6) is 1.01. The van der Waals surface area contributed by atoms with Crippen LogP contribution in [0.5, 0.6) is 11.8 Å². The van der Waals surface area contributed by atoms with E-state index in [2.05, 4.69) is 15.3 Å². The Morgan fingerprint density at radius 1 is 1.33 bits per heavy atom. The zero-order valence-corrected chi connectivity index (χ0v) is 11.1. The predicted molar refractivity (Wildman–Crippen MR) is 66.9 cm³/mol. The number of carbonyl (C=O) groups excluding carboxylic acids is 1. The number of carbonyl (C=O) groups is 1. The first-order chi connectivity index (χ1) is 8.60. The second kappa shape index (κ2) is 6.63. The maximum absolute atomic E-state index is 11.6. The largest absolute Gasteiger partial charge is 0.481 e. The molecule has 7 nitrogen and oxygen atoms in total. The molecule has 1 rings (SSSR count). The fourth-order valence-corrected chi connectivity index (χ4v) is 1.16. The number of hydrogen-bond donors (Lipinski definition) is 1. The van der Waals surface area contributed by atoms with Crippen molar-refractivity contribution in [2.75, 3.05) is 39.7 Å². The lowest BCUT2D eigenvalue weighted by Crippen LogP contribution is -2.32. The molecule has 0 aliphatic carbocycles. The summed E-state index contributed by atoms with van der Waals surface area (Å²) in [6, 6.07) is 1.56. The Morgan fingerprint density at radius 3 is 2.33 bits per heavy atom. The van der Waals surface area contributed by atoms with E-state index in [0.717, 1.165) is 0 Å². The summed E-state index contributed by atoms with van der Waals surface area (Å²) in [4.78, 5) is 21.3. The van der Waals surface area contributed by atoms with Crippen LogP contribution in [0, 0.1) is 0 Å². The molecule has 0 aliphatic rings. The normalized spacial score (nSPS) is 9.78. The minimum Gasteiger partial charge on any atom is -0.481 e. The van der Waals surface area contributed by atoms with E-state index < -0.39 is 0 Å². The van der Waals surface area contributed by atoms with Crippen molar-refractivity contribution in [3.8, 4) is 11.8 Å². The molecule has 7 heteroatoms. The summed E-state index contributed by atoms with van der Waals surface area (Å²) in [7, 11) is 4.74. The molecule has 0 bridgehead atoms. The van der Waals surface area contributed by atoms with Gasteiger partial charge in [0.1, 0.15) is 0 Å². The second-order valence-corrected chi connectivity index (χ2v) is 3.54. The van der Waals surface area contributed by atoms with E-state index in [1.54, 1.807) is 18.0 Å². The Bertz CT molecular complexity index is 389. The van der Waals surface area contributed by atoms with E-state index in [-0.39, 0.29) is 12.5 Å². The van der Waals surface area contributed by atoms with Gasteiger partial charge in [-0.2, -0.15) is 9.97 Å². The molecule has 0 aromatic carbocycles. The predicted octanol–water partition coefficient (Wildman–Crippen LogP) is 0.384. The fourth-order valence-electron chi connectivity index (χ4n) is 1.16. The number of nitrogens with zero attached hydrogens (tertiary/aromatic N) is 3. The molecule has 100 valence electrons. The number of amides is 1. The van der Waals surface area contributed by atoms with Crippen molar-refractivity contribution < 1.29 is 14.3 Å². The average molecular weight is 254 g/mol. The van der Waals surface area contributed by atoms with E-state index in [0.29, 0.717) is 24.3 Å². The van der Waals surface area contributed by atoms with Crippen molar-refractivity contribution in [2.24, 2.45) is 0 Å². The van der Waals surface area contributed by atoms with Gasteiger partial charge in [-0.3, -0.25) is 4.79 Å². The number of nitrogens with one attached hydrogen (secondary N) is 1. The zero-order chi connectivity index (χ0) is 13.5. The highest BCUT2D eigenvalue weighted by Gasteiger charge is 2.09. The SMILES string of the molecule is CCN(C)C(=O)CNc1nc(OC)cc(OC)n1.